The van der Waals surface area contributed by atoms with Crippen molar-refractivity contribution < 1.29 is 22.3 Å². The summed E-state index contributed by atoms with van der Waals surface area (Å²) >= 11 is 0. The molecule has 15 heavy (non-hydrogen) atoms. The van der Waals surface area contributed by atoms with Crippen molar-refractivity contribution in [1.29, 1.82) is 0 Å². The van der Waals surface area contributed by atoms with Gasteiger partial charge in [0.15, 0.2) is 18.9 Å². The summed E-state index contributed by atoms with van der Waals surface area (Å²) in [6.45, 7) is -0.199. The topological polar surface area (TPSA) is 101 Å². The third-order valence-electron chi connectivity index (χ3n) is 1.83. The van der Waals surface area contributed by atoms with Crippen molar-refractivity contribution in [3.05, 3.63) is 30.6 Å². The molecule has 0 aliphatic carbocycles. The highest BCUT2D eigenvalue weighted by atomic mass is 32.2. The first kappa shape index (κ1) is 11.6. The fourth-order valence-electron chi connectivity index (χ4n) is 1.08. The molecule has 0 radical (unpaired) electrons. The van der Waals surface area contributed by atoms with Crippen LogP contribution in [0.15, 0.2) is 30.6 Å². The van der Waals surface area contributed by atoms with Crippen LogP contribution in [0.25, 0.3) is 0 Å². The van der Waals surface area contributed by atoms with Crippen LogP contribution in [0.1, 0.15) is 0 Å². The van der Waals surface area contributed by atoms with E-state index in [4.69, 9.17) is 10.3 Å². The van der Waals surface area contributed by atoms with Gasteiger partial charge in [0.05, 0.1) is 0 Å². The van der Waals surface area contributed by atoms with Gasteiger partial charge in [-0.2, -0.15) is 8.42 Å². The molecule has 0 spiro atoms. The Morgan fingerprint density at radius 2 is 1.87 bits per heavy atom. The van der Waals surface area contributed by atoms with Gasteiger partial charge < -0.3 is 5.73 Å². The van der Waals surface area contributed by atoms with Gasteiger partial charge in [0.1, 0.15) is 0 Å². The van der Waals surface area contributed by atoms with Gasteiger partial charge in [0.2, 0.25) is 11.2 Å². The molecule has 3 N–H and O–H groups in total. The van der Waals surface area contributed by atoms with Gasteiger partial charge in [-0.1, -0.05) is 6.07 Å². The van der Waals surface area contributed by atoms with Crippen LogP contribution in [0, 0.1) is 0 Å². The van der Waals surface area contributed by atoms with Crippen molar-refractivity contribution in [1.82, 2.24) is 0 Å². The lowest BCUT2D eigenvalue weighted by atomic mass is 10.4. The number of carbonyl (C=O) groups excluding carboxylic acids is 1. The van der Waals surface area contributed by atoms with Gasteiger partial charge in [0.25, 0.3) is 10.1 Å². The SMILES string of the molecule is NC(=O)C(C[n+]1ccccc1)S(=O)(=O)O. The lowest BCUT2D eigenvalue weighted by Crippen LogP contribution is -2.48. The highest BCUT2D eigenvalue weighted by Crippen LogP contribution is 1.98. The molecular formula is C8H11N2O4S+. The second-order valence-corrected chi connectivity index (χ2v) is 4.58. The average Bonchev–Trinajstić information content (AvgIpc) is 2.13. The number of aromatic nitrogens is 1. The van der Waals surface area contributed by atoms with E-state index < -0.39 is 21.3 Å². The Bertz CT molecular complexity index is 443. The molecule has 1 aromatic heterocycles. The van der Waals surface area contributed by atoms with E-state index in [9.17, 15) is 13.2 Å². The van der Waals surface area contributed by atoms with Gasteiger partial charge in [-0.15, -0.1) is 0 Å². The van der Waals surface area contributed by atoms with E-state index in [1.54, 1.807) is 30.6 Å². The third kappa shape index (κ3) is 3.30. The van der Waals surface area contributed by atoms with Crippen molar-refractivity contribution in [2.24, 2.45) is 5.73 Å². The fraction of sp³-hybridized carbons (Fsp3) is 0.250. The largest absolute Gasteiger partial charge is 0.368 e. The predicted molar refractivity (Wildman–Crippen MR) is 51.2 cm³/mol. The van der Waals surface area contributed by atoms with Gasteiger partial charge in [-0.25, -0.2) is 4.57 Å². The van der Waals surface area contributed by atoms with E-state index in [0.29, 0.717) is 0 Å². The standard InChI is InChI=1S/C8H10N2O4S/c9-8(11)7(15(12,13)14)6-10-4-2-1-3-5-10/h1-5,7H,6H2,(H2-,9,11,12,13,14)/p+1. The summed E-state index contributed by atoms with van der Waals surface area (Å²) in [6, 6.07) is 5.08. The van der Waals surface area contributed by atoms with Crippen LogP contribution >= 0.6 is 0 Å². The van der Waals surface area contributed by atoms with Gasteiger partial charge in [-0.05, 0) is 0 Å². The monoisotopic (exact) mass is 231 g/mol. The molecule has 1 heterocycles. The maximum atomic E-state index is 10.8. The molecule has 6 nitrogen and oxygen atoms in total. The van der Waals surface area contributed by atoms with Crippen molar-refractivity contribution in [3.63, 3.8) is 0 Å². The Labute approximate surface area is 87.1 Å². The molecule has 1 amide bonds. The first-order chi connectivity index (χ1) is 6.91. The Balaban J connectivity index is 2.92. The molecule has 0 aromatic carbocycles. The van der Waals surface area contributed by atoms with Crippen LogP contribution in [0.2, 0.25) is 0 Å². The predicted octanol–water partition coefficient (Wildman–Crippen LogP) is -1.28. The molecule has 7 heteroatoms. The minimum atomic E-state index is -4.46. The average molecular weight is 231 g/mol. The van der Waals surface area contributed by atoms with E-state index >= 15 is 0 Å². The summed E-state index contributed by atoms with van der Waals surface area (Å²) in [7, 11) is -4.46. The number of hydrogen-bond donors (Lipinski definition) is 2. The minimum absolute atomic E-state index is 0.199. The van der Waals surface area contributed by atoms with Crippen molar-refractivity contribution >= 4 is 16.0 Å². The summed E-state index contributed by atoms with van der Waals surface area (Å²) < 4.78 is 31.9. The van der Waals surface area contributed by atoms with E-state index in [1.807, 2.05) is 0 Å². The van der Waals surface area contributed by atoms with Crippen LogP contribution in [0.5, 0.6) is 0 Å². The number of nitrogens with two attached hydrogens (primary N) is 1. The number of hydrogen-bond acceptors (Lipinski definition) is 3. The van der Waals surface area contributed by atoms with Crippen molar-refractivity contribution in [2.45, 2.75) is 11.8 Å². The Kier molecular flexibility index (Phi) is 3.38. The molecule has 82 valence electrons. The normalized spacial score (nSPS) is 13.4. The number of pyridine rings is 1. The zero-order chi connectivity index (χ0) is 11.5. The van der Waals surface area contributed by atoms with Gasteiger partial charge in [-0.3, -0.25) is 9.35 Å². The number of carbonyl (C=O) groups is 1. The van der Waals surface area contributed by atoms with E-state index in [0.717, 1.165) is 0 Å². The van der Waals surface area contributed by atoms with Crippen LogP contribution in [-0.2, 0) is 21.5 Å². The second kappa shape index (κ2) is 4.37. The number of amides is 1. The fourth-order valence-corrected chi connectivity index (χ4v) is 1.73. The molecule has 0 bridgehead atoms. The summed E-state index contributed by atoms with van der Waals surface area (Å²) in [5, 5.41) is -1.62. The summed E-state index contributed by atoms with van der Waals surface area (Å²) in [6.07, 6.45) is 3.14. The van der Waals surface area contributed by atoms with E-state index in [2.05, 4.69) is 0 Å². The summed E-state index contributed by atoms with van der Waals surface area (Å²) in [4.78, 5) is 10.8. The molecule has 1 atom stereocenters. The highest BCUT2D eigenvalue weighted by molar-refractivity contribution is 7.87. The number of primary amides is 1. The molecule has 0 aliphatic rings. The third-order valence-corrected chi connectivity index (χ3v) is 2.93. The van der Waals surface area contributed by atoms with Crippen molar-refractivity contribution in [3.8, 4) is 0 Å². The molecule has 0 fully saturated rings. The zero-order valence-electron chi connectivity index (χ0n) is 7.78. The van der Waals surface area contributed by atoms with Crippen LogP contribution < -0.4 is 10.3 Å². The second-order valence-electron chi connectivity index (χ2n) is 2.98. The first-order valence-electron chi connectivity index (χ1n) is 4.11. The Morgan fingerprint density at radius 1 is 1.33 bits per heavy atom. The Hall–Kier alpha value is -1.47. The van der Waals surface area contributed by atoms with Crippen LogP contribution in [-0.4, -0.2) is 24.1 Å². The smallest absolute Gasteiger partial charge is 0.283 e. The first-order valence-corrected chi connectivity index (χ1v) is 5.61. The molecule has 0 saturated carbocycles. The van der Waals surface area contributed by atoms with Gasteiger partial charge in [0, 0.05) is 12.1 Å². The van der Waals surface area contributed by atoms with E-state index in [-0.39, 0.29) is 6.54 Å². The molecule has 1 aromatic rings. The maximum Gasteiger partial charge on any atom is 0.283 e. The molecule has 1 rings (SSSR count). The Morgan fingerprint density at radius 3 is 2.27 bits per heavy atom. The number of rotatable bonds is 4. The van der Waals surface area contributed by atoms with Crippen molar-refractivity contribution in [2.75, 3.05) is 0 Å². The zero-order valence-corrected chi connectivity index (χ0v) is 8.59. The molecular weight excluding hydrogens is 220 g/mol. The highest BCUT2D eigenvalue weighted by Gasteiger charge is 2.32. The van der Waals surface area contributed by atoms with Gasteiger partial charge >= 0.3 is 0 Å². The molecule has 1 unspecified atom stereocenters. The maximum absolute atomic E-state index is 10.8. The molecule has 0 saturated heterocycles. The summed E-state index contributed by atoms with van der Waals surface area (Å²) in [5.41, 5.74) is 4.88. The van der Waals surface area contributed by atoms with Crippen LogP contribution in [0.4, 0.5) is 0 Å². The molecule has 0 aliphatic heterocycles. The summed E-state index contributed by atoms with van der Waals surface area (Å²) in [5.74, 6) is -1.08. The lowest BCUT2D eigenvalue weighted by molar-refractivity contribution is -0.694. The minimum Gasteiger partial charge on any atom is -0.368 e. The quantitative estimate of drug-likeness (QED) is 0.497. The lowest BCUT2D eigenvalue weighted by Gasteiger charge is -2.05. The number of nitrogens with zero attached hydrogens (tertiary/aromatic N) is 1. The van der Waals surface area contributed by atoms with E-state index in [1.165, 1.54) is 4.57 Å². The van der Waals surface area contributed by atoms with Crippen LogP contribution in [0.3, 0.4) is 0 Å².